The molecule has 0 amide bonds. The maximum Gasteiger partial charge on any atom is 0.137 e. The molecule has 230 valence electrons. The fourth-order valence-corrected chi connectivity index (χ4v) is 8.29. The van der Waals surface area contributed by atoms with E-state index in [0.29, 0.717) is 52.9 Å². The average molecular weight is 574 g/mol. The molecular weight excluding hydrogens is 522 g/mol. The molecule has 2 heterocycles. The predicted octanol–water partition coefficient (Wildman–Crippen LogP) is 3.81. The van der Waals surface area contributed by atoms with Gasteiger partial charge in [-0.3, -0.25) is 4.90 Å². The molecule has 3 fully saturated rings. The smallest absolute Gasteiger partial charge is 0.137 e. The van der Waals surface area contributed by atoms with Crippen molar-refractivity contribution in [3.8, 4) is 5.75 Å². The summed E-state index contributed by atoms with van der Waals surface area (Å²) >= 11 is 0. The third kappa shape index (κ3) is 5.59. The Bertz CT molecular complexity index is 1020. The number of aliphatic hydroxyl groups is 1. The van der Waals surface area contributed by atoms with Gasteiger partial charge >= 0.3 is 0 Å². The first-order valence-electron chi connectivity index (χ1n) is 16.3. The number of benzene rings is 1. The highest BCUT2D eigenvalue weighted by Gasteiger charge is 2.73. The Morgan fingerprint density at radius 2 is 1.59 bits per heavy atom. The highest BCUT2D eigenvalue weighted by Crippen LogP contribution is 2.65. The minimum atomic E-state index is -0.772. The highest BCUT2D eigenvalue weighted by molar-refractivity contribution is 5.60. The molecule has 41 heavy (non-hydrogen) atoms. The van der Waals surface area contributed by atoms with E-state index in [1.807, 2.05) is 0 Å². The van der Waals surface area contributed by atoms with Gasteiger partial charge in [-0.2, -0.15) is 0 Å². The van der Waals surface area contributed by atoms with E-state index < -0.39 is 5.60 Å². The van der Waals surface area contributed by atoms with E-state index in [2.05, 4.69) is 30.9 Å². The molecule has 2 bridgehead atoms. The van der Waals surface area contributed by atoms with Crippen LogP contribution in [0.25, 0.3) is 0 Å². The second kappa shape index (κ2) is 13.2. The zero-order chi connectivity index (χ0) is 28.3. The van der Waals surface area contributed by atoms with Crippen molar-refractivity contribution >= 4 is 0 Å². The number of likely N-dealkylation sites (tertiary alicyclic amines) is 1. The van der Waals surface area contributed by atoms with Crippen LogP contribution in [0.4, 0.5) is 0 Å². The van der Waals surface area contributed by atoms with E-state index in [0.717, 1.165) is 63.5 Å². The van der Waals surface area contributed by atoms with Crippen LogP contribution in [0.1, 0.15) is 68.6 Å². The number of aryl methyl sites for hydroxylation is 1. The van der Waals surface area contributed by atoms with Crippen molar-refractivity contribution in [3.63, 3.8) is 0 Å². The number of nitrogens with zero attached hydrogens (tertiary/aromatic N) is 1. The van der Waals surface area contributed by atoms with Gasteiger partial charge in [-0.1, -0.05) is 25.5 Å². The zero-order valence-electron chi connectivity index (χ0n) is 25.2. The van der Waals surface area contributed by atoms with Gasteiger partial charge in [-0.15, -0.1) is 0 Å². The minimum absolute atomic E-state index is 0.0508. The number of hydrogen-bond acceptors (Lipinski definition) is 8. The van der Waals surface area contributed by atoms with Crippen molar-refractivity contribution in [3.05, 3.63) is 28.8 Å². The molecule has 5 aliphatic rings. The SMILES string of the molecule is CCCOCCOCCOCCOCCOC1CC[C@@]2(O)C3Cc4ccc(C)c5c4[C@@]2(CCN3CC2CCC2)[C@H]1O5. The van der Waals surface area contributed by atoms with Crippen molar-refractivity contribution in [2.24, 2.45) is 5.92 Å². The van der Waals surface area contributed by atoms with E-state index in [4.69, 9.17) is 28.4 Å². The summed E-state index contributed by atoms with van der Waals surface area (Å²) in [5.74, 6) is 1.81. The van der Waals surface area contributed by atoms with Gasteiger partial charge in [0, 0.05) is 24.8 Å². The first-order chi connectivity index (χ1) is 20.1. The van der Waals surface area contributed by atoms with Crippen LogP contribution < -0.4 is 4.74 Å². The number of piperidine rings is 1. The van der Waals surface area contributed by atoms with Crippen LogP contribution in [0.5, 0.6) is 5.75 Å². The first kappa shape index (κ1) is 29.8. The second-order valence-corrected chi connectivity index (χ2v) is 12.8. The zero-order valence-corrected chi connectivity index (χ0v) is 25.2. The van der Waals surface area contributed by atoms with Crippen LogP contribution in [0.3, 0.4) is 0 Å². The monoisotopic (exact) mass is 573 g/mol. The summed E-state index contributed by atoms with van der Waals surface area (Å²) in [5, 5.41) is 12.7. The molecule has 2 aliphatic heterocycles. The topological polar surface area (TPSA) is 78.9 Å². The summed E-state index contributed by atoms with van der Waals surface area (Å²) in [5.41, 5.74) is 2.68. The Hall–Kier alpha value is -1.26. The second-order valence-electron chi connectivity index (χ2n) is 12.8. The lowest BCUT2D eigenvalue weighted by Crippen LogP contribution is -2.77. The maximum atomic E-state index is 12.7. The van der Waals surface area contributed by atoms with E-state index in [-0.39, 0.29) is 23.7 Å². The van der Waals surface area contributed by atoms with Crippen LogP contribution in [0.15, 0.2) is 12.1 Å². The van der Waals surface area contributed by atoms with E-state index >= 15 is 0 Å². The lowest BCUT2D eigenvalue weighted by molar-refractivity contribution is -0.218. The largest absolute Gasteiger partial charge is 0.486 e. The van der Waals surface area contributed by atoms with Gasteiger partial charge in [0.2, 0.25) is 0 Å². The van der Waals surface area contributed by atoms with Crippen LogP contribution in [-0.2, 0) is 35.5 Å². The van der Waals surface area contributed by atoms with Gasteiger partial charge < -0.3 is 33.5 Å². The van der Waals surface area contributed by atoms with Gasteiger partial charge in [0.25, 0.3) is 0 Å². The molecule has 0 aromatic heterocycles. The quantitative estimate of drug-likeness (QED) is 0.282. The molecule has 1 saturated heterocycles. The number of ether oxygens (including phenoxy) is 6. The normalized spacial score (nSPS) is 32.0. The molecule has 2 saturated carbocycles. The Balaban J connectivity index is 1.00. The lowest BCUT2D eigenvalue weighted by atomic mass is 9.48. The number of hydrogen-bond donors (Lipinski definition) is 1. The van der Waals surface area contributed by atoms with Crippen LogP contribution in [-0.4, -0.2) is 106 Å². The van der Waals surface area contributed by atoms with E-state index in [1.54, 1.807) is 0 Å². The molecule has 1 spiro atoms. The summed E-state index contributed by atoms with van der Waals surface area (Å²) in [6.45, 7) is 11.6. The molecule has 3 aliphatic carbocycles. The average Bonchev–Trinajstić information content (AvgIpc) is 3.30. The third-order valence-electron chi connectivity index (χ3n) is 10.5. The fraction of sp³-hybridized carbons (Fsp3) is 0.818. The van der Waals surface area contributed by atoms with Gasteiger partial charge in [0.15, 0.2) is 0 Å². The van der Waals surface area contributed by atoms with Gasteiger partial charge in [-0.05, 0) is 75.5 Å². The van der Waals surface area contributed by atoms with Crippen molar-refractivity contribution < 1.29 is 33.5 Å². The molecule has 1 N–H and O–H groups in total. The van der Waals surface area contributed by atoms with Gasteiger partial charge in [0.05, 0.1) is 70.0 Å². The van der Waals surface area contributed by atoms with Crippen LogP contribution in [0, 0.1) is 12.8 Å². The summed E-state index contributed by atoms with van der Waals surface area (Å²) in [6, 6.07) is 4.67. The predicted molar refractivity (Wildman–Crippen MR) is 156 cm³/mol. The Morgan fingerprint density at radius 1 is 0.902 bits per heavy atom. The van der Waals surface area contributed by atoms with E-state index in [9.17, 15) is 5.11 Å². The highest BCUT2D eigenvalue weighted by atomic mass is 16.6. The summed E-state index contributed by atoms with van der Waals surface area (Å²) in [6.07, 6.45) is 8.29. The lowest BCUT2D eigenvalue weighted by Gasteiger charge is -2.64. The van der Waals surface area contributed by atoms with Crippen molar-refractivity contribution in [1.82, 2.24) is 4.90 Å². The van der Waals surface area contributed by atoms with Crippen molar-refractivity contribution in [2.75, 3.05) is 72.6 Å². The third-order valence-corrected chi connectivity index (χ3v) is 10.5. The van der Waals surface area contributed by atoms with Gasteiger partial charge in [0.1, 0.15) is 11.9 Å². The van der Waals surface area contributed by atoms with Gasteiger partial charge in [-0.25, -0.2) is 0 Å². The van der Waals surface area contributed by atoms with Crippen LogP contribution in [0.2, 0.25) is 0 Å². The Labute approximate surface area is 245 Å². The summed E-state index contributed by atoms with van der Waals surface area (Å²) in [7, 11) is 0. The number of rotatable bonds is 17. The van der Waals surface area contributed by atoms with Crippen LogP contribution >= 0.6 is 0 Å². The molecule has 1 aromatic rings. The van der Waals surface area contributed by atoms with E-state index in [1.165, 1.54) is 36.0 Å². The Morgan fingerprint density at radius 3 is 2.24 bits per heavy atom. The first-order valence-corrected chi connectivity index (χ1v) is 16.3. The standard InChI is InChI=1S/C33H51NO7/c1-3-13-36-14-15-37-16-17-38-18-19-39-20-21-40-27-9-10-33(35)28-22-26-8-7-24(2)30-29(26)32(33,31(27)41-30)11-12-34(28)23-25-5-4-6-25/h7-8,25,27-28,31,35H,3-6,9-23H2,1-2H3/t27?,28?,31-,32-,33+/m0/s1. The summed E-state index contributed by atoms with van der Waals surface area (Å²) < 4.78 is 35.6. The molecule has 0 radical (unpaired) electrons. The maximum absolute atomic E-state index is 12.7. The minimum Gasteiger partial charge on any atom is -0.486 e. The molecule has 8 heteroatoms. The molecule has 8 nitrogen and oxygen atoms in total. The summed E-state index contributed by atoms with van der Waals surface area (Å²) in [4.78, 5) is 2.64. The molecule has 1 aromatic carbocycles. The molecule has 6 rings (SSSR count). The molecule has 5 atom stereocenters. The Kier molecular flexibility index (Phi) is 9.57. The van der Waals surface area contributed by atoms with Crippen molar-refractivity contribution in [2.45, 2.75) is 94.5 Å². The fourth-order valence-electron chi connectivity index (χ4n) is 8.29. The van der Waals surface area contributed by atoms with Crippen molar-refractivity contribution in [1.29, 1.82) is 0 Å². The molecule has 2 unspecified atom stereocenters. The molecular formula is C33H51NO7.